The molecule has 1 aliphatic carbocycles. The number of aromatic nitrogens is 1. The molecule has 0 N–H and O–H groups in total. The second kappa shape index (κ2) is 6.84. The van der Waals surface area contributed by atoms with E-state index in [1.54, 1.807) is 0 Å². The molecule has 1 saturated carbocycles. The van der Waals surface area contributed by atoms with Gasteiger partial charge in [-0.1, -0.05) is 49.6 Å². The monoisotopic (exact) mass is 322 g/mol. The normalized spacial score (nSPS) is 21.5. The Morgan fingerprint density at radius 3 is 2.54 bits per heavy atom. The molecule has 1 aliphatic heterocycles. The van der Waals surface area contributed by atoms with E-state index in [1.165, 1.54) is 43.4 Å². The van der Waals surface area contributed by atoms with E-state index < -0.39 is 0 Å². The SMILES string of the molecule is O=C(CC1CCCCC1)N1CCn2cccc2C1c1ccccc1. The number of rotatable bonds is 3. The van der Waals surface area contributed by atoms with E-state index in [0.717, 1.165) is 19.5 Å². The predicted molar refractivity (Wildman–Crippen MR) is 95.6 cm³/mol. The topological polar surface area (TPSA) is 25.2 Å². The smallest absolute Gasteiger partial charge is 0.223 e. The molecule has 1 aromatic carbocycles. The van der Waals surface area contributed by atoms with E-state index in [0.29, 0.717) is 11.8 Å². The zero-order valence-corrected chi connectivity index (χ0v) is 14.2. The van der Waals surface area contributed by atoms with Crippen LogP contribution in [0.4, 0.5) is 0 Å². The first-order chi connectivity index (χ1) is 11.8. The molecule has 1 fully saturated rings. The summed E-state index contributed by atoms with van der Waals surface area (Å²) in [4.78, 5) is 15.2. The van der Waals surface area contributed by atoms with Crippen LogP contribution in [-0.4, -0.2) is 21.9 Å². The Hall–Kier alpha value is -2.03. The molecule has 1 unspecified atom stereocenters. The summed E-state index contributed by atoms with van der Waals surface area (Å²) in [7, 11) is 0. The van der Waals surface area contributed by atoms with E-state index >= 15 is 0 Å². The maximum Gasteiger partial charge on any atom is 0.223 e. The third-order valence-corrected chi connectivity index (χ3v) is 5.66. The van der Waals surface area contributed by atoms with E-state index in [1.807, 2.05) is 6.07 Å². The third kappa shape index (κ3) is 3.00. The zero-order valence-electron chi connectivity index (χ0n) is 14.2. The van der Waals surface area contributed by atoms with E-state index in [9.17, 15) is 4.79 Å². The average molecular weight is 322 g/mol. The number of benzene rings is 1. The molecule has 0 saturated heterocycles. The van der Waals surface area contributed by atoms with Crippen molar-refractivity contribution in [2.24, 2.45) is 5.92 Å². The molecule has 1 atom stereocenters. The molecule has 2 aliphatic rings. The van der Waals surface area contributed by atoms with Crippen molar-refractivity contribution in [2.45, 2.75) is 51.1 Å². The van der Waals surface area contributed by atoms with Crippen LogP contribution in [0.15, 0.2) is 48.7 Å². The lowest BCUT2D eigenvalue weighted by Crippen LogP contribution is -2.43. The van der Waals surface area contributed by atoms with Crippen molar-refractivity contribution in [1.82, 2.24) is 9.47 Å². The number of fused-ring (bicyclic) bond motifs is 1. The molecular formula is C21H26N2O. The Bertz CT molecular complexity index is 685. The van der Waals surface area contributed by atoms with Crippen LogP contribution in [0.2, 0.25) is 0 Å². The Kier molecular flexibility index (Phi) is 4.42. The molecule has 0 spiro atoms. The molecule has 1 aromatic heterocycles. The number of carbonyl (C=O) groups excluding carboxylic acids is 1. The summed E-state index contributed by atoms with van der Waals surface area (Å²) in [5.74, 6) is 0.930. The van der Waals surface area contributed by atoms with Gasteiger partial charge in [0.15, 0.2) is 0 Å². The van der Waals surface area contributed by atoms with Crippen LogP contribution >= 0.6 is 0 Å². The molecule has 3 nitrogen and oxygen atoms in total. The summed E-state index contributed by atoms with van der Waals surface area (Å²) in [6.45, 7) is 1.72. The van der Waals surface area contributed by atoms with E-state index in [2.05, 4.69) is 52.1 Å². The molecule has 24 heavy (non-hydrogen) atoms. The van der Waals surface area contributed by atoms with Crippen LogP contribution in [0.1, 0.15) is 55.8 Å². The summed E-state index contributed by atoms with van der Waals surface area (Å²) < 4.78 is 2.29. The highest BCUT2D eigenvalue weighted by Crippen LogP contribution is 2.34. The Balaban J connectivity index is 1.60. The van der Waals surface area contributed by atoms with Gasteiger partial charge in [0.2, 0.25) is 5.91 Å². The molecular weight excluding hydrogens is 296 g/mol. The fourth-order valence-electron chi connectivity index (χ4n) is 4.39. The molecule has 0 bridgehead atoms. The second-order valence-electron chi connectivity index (χ2n) is 7.23. The fourth-order valence-corrected chi connectivity index (χ4v) is 4.39. The second-order valence-corrected chi connectivity index (χ2v) is 7.23. The van der Waals surface area contributed by atoms with Crippen LogP contribution in [0.5, 0.6) is 0 Å². The highest BCUT2D eigenvalue weighted by atomic mass is 16.2. The molecule has 0 radical (unpaired) electrons. The third-order valence-electron chi connectivity index (χ3n) is 5.66. The minimum atomic E-state index is 0.0611. The highest BCUT2D eigenvalue weighted by molar-refractivity contribution is 5.77. The maximum atomic E-state index is 13.1. The van der Waals surface area contributed by atoms with Crippen LogP contribution in [0.25, 0.3) is 0 Å². The predicted octanol–water partition coefficient (Wildman–Crippen LogP) is 4.39. The van der Waals surface area contributed by atoms with Crippen molar-refractivity contribution in [3.63, 3.8) is 0 Å². The first-order valence-corrected chi connectivity index (χ1v) is 9.32. The van der Waals surface area contributed by atoms with Gasteiger partial charge in [-0.05, 0) is 36.5 Å². The molecule has 126 valence electrons. The average Bonchev–Trinajstić information content (AvgIpc) is 3.11. The Morgan fingerprint density at radius 1 is 0.958 bits per heavy atom. The van der Waals surface area contributed by atoms with Gasteiger partial charge in [0.1, 0.15) is 0 Å². The van der Waals surface area contributed by atoms with Gasteiger partial charge in [0.05, 0.1) is 6.04 Å². The van der Waals surface area contributed by atoms with Gasteiger partial charge in [-0.3, -0.25) is 4.79 Å². The lowest BCUT2D eigenvalue weighted by molar-refractivity contribution is -0.135. The number of hydrogen-bond acceptors (Lipinski definition) is 1. The minimum Gasteiger partial charge on any atom is -0.348 e. The van der Waals surface area contributed by atoms with Crippen molar-refractivity contribution in [3.8, 4) is 0 Å². The number of amides is 1. The first kappa shape index (κ1) is 15.5. The van der Waals surface area contributed by atoms with Gasteiger partial charge >= 0.3 is 0 Å². The summed E-state index contributed by atoms with van der Waals surface area (Å²) in [5, 5.41) is 0. The van der Waals surface area contributed by atoms with Gasteiger partial charge in [0, 0.05) is 31.4 Å². The zero-order chi connectivity index (χ0) is 16.4. The van der Waals surface area contributed by atoms with E-state index in [4.69, 9.17) is 0 Å². The van der Waals surface area contributed by atoms with Crippen molar-refractivity contribution in [1.29, 1.82) is 0 Å². The van der Waals surface area contributed by atoms with Crippen molar-refractivity contribution in [3.05, 3.63) is 59.9 Å². The molecule has 2 aromatic rings. The Morgan fingerprint density at radius 2 is 1.75 bits per heavy atom. The number of nitrogens with zero attached hydrogens (tertiary/aromatic N) is 2. The lowest BCUT2D eigenvalue weighted by atomic mass is 9.86. The standard InChI is InChI=1S/C21H26N2O/c24-20(16-17-8-3-1-4-9-17)23-15-14-22-13-7-12-19(22)21(23)18-10-5-2-6-11-18/h2,5-7,10-13,17,21H,1,3-4,8-9,14-16H2. The molecule has 4 rings (SSSR count). The van der Waals surface area contributed by atoms with Crippen LogP contribution in [-0.2, 0) is 11.3 Å². The summed E-state index contributed by atoms with van der Waals surface area (Å²) in [6, 6.07) is 14.8. The van der Waals surface area contributed by atoms with Crippen molar-refractivity contribution >= 4 is 5.91 Å². The summed E-state index contributed by atoms with van der Waals surface area (Å²) >= 11 is 0. The van der Waals surface area contributed by atoms with Gasteiger partial charge in [-0.2, -0.15) is 0 Å². The largest absolute Gasteiger partial charge is 0.348 e. The van der Waals surface area contributed by atoms with Crippen LogP contribution < -0.4 is 0 Å². The summed E-state index contributed by atoms with van der Waals surface area (Å²) in [5.41, 5.74) is 2.46. The molecule has 3 heteroatoms. The van der Waals surface area contributed by atoms with E-state index in [-0.39, 0.29) is 6.04 Å². The maximum absolute atomic E-state index is 13.1. The van der Waals surface area contributed by atoms with Gasteiger partial charge in [-0.25, -0.2) is 0 Å². The minimum absolute atomic E-state index is 0.0611. The van der Waals surface area contributed by atoms with Crippen LogP contribution in [0.3, 0.4) is 0 Å². The highest BCUT2D eigenvalue weighted by Gasteiger charge is 2.32. The van der Waals surface area contributed by atoms with Gasteiger partial charge in [0.25, 0.3) is 0 Å². The van der Waals surface area contributed by atoms with Crippen molar-refractivity contribution < 1.29 is 4.79 Å². The number of carbonyl (C=O) groups is 1. The van der Waals surface area contributed by atoms with Crippen LogP contribution in [0, 0.1) is 5.92 Å². The van der Waals surface area contributed by atoms with Crippen molar-refractivity contribution in [2.75, 3.05) is 6.54 Å². The quantitative estimate of drug-likeness (QED) is 0.822. The summed E-state index contributed by atoms with van der Waals surface area (Å²) in [6.07, 6.45) is 9.25. The molecule has 2 heterocycles. The number of hydrogen-bond donors (Lipinski definition) is 0. The molecule has 1 amide bonds. The fraction of sp³-hybridized carbons (Fsp3) is 0.476. The van der Waals surface area contributed by atoms with Gasteiger partial charge in [-0.15, -0.1) is 0 Å². The Labute approximate surface area is 144 Å². The van der Waals surface area contributed by atoms with Gasteiger partial charge < -0.3 is 9.47 Å². The first-order valence-electron chi connectivity index (χ1n) is 9.32. The lowest BCUT2D eigenvalue weighted by Gasteiger charge is -2.38.